The van der Waals surface area contributed by atoms with E-state index in [0.29, 0.717) is 27.8 Å². The number of nitrogens with one attached hydrogen (secondary N) is 2. The number of nitriles is 1. The number of thioether (sulfide) groups is 1. The summed E-state index contributed by atoms with van der Waals surface area (Å²) in [5, 5.41) is 23.7. The zero-order valence-electron chi connectivity index (χ0n) is 18.1. The highest BCUT2D eigenvalue weighted by atomic mass is 32.2. The van der Waals surface area contributed by atoms with Crippen LogP contribution >= 0.6 is 11.8 Å². The summed E-state index contributed by atoms with van der Waals surface area (Å²) in [5.41, 5.74) is 1.73. The van der Waals surface area contributed by atoms with Crippen molar-refractivity contribution in [2.45, 2.75) is 25.0 Å². The fraction of sp³-hybridized carbons (Fsp3) is 0.261. The molecule has 1 aromatic heterocycles. The van der Waals surface area contributed by atoms with Gasteiger partial charge in [0.2, 0.25) is 5.91 Å². The lowest BCUT2D eigenvalue weighted by Gasteiger charge is -2.21. The molecule has 2 amide bonds. The first-order chi connectivity index (χ1) is 15.4. The summed E-state index contributed by atoms with van der Waals surface area (Å²) in [7, 11) is 1.82. The Bertz CT molecular complexity index is 1120. The van der Waals surface area contributed by atoms with E-state index in [1.165, 1.54) is 11.8 Å². The van der Waals surface area contributed by atoms with Crippen LogP contribution in [0.4, 0.5) is 5.69 Å². The zero-order chi connectivity index (χ0) is 23.1. The minimum Gasteiger partial charge on any atom is -0.342 e. The quantitative estimate of drug-likeness (QED) is 0.510. The number of amides is 2. The van der Waals surface area contributed by atoms with Gasteiger partial charge in [-0.25, -0.2) is 0 Å². The summed E-state index contributed by atoms with van der Waals surface area (Å²) in [6, 6.07) is 17.4. The lowest BCUT2D eigenvalue weighted by atomic mass is 10.0. The van der Waals surface area contributed by atoms with Crippen molar-refractivity contribution in [1.82, 2.24) is 20.1 Å². The normalized spacial score (nSPS) is 11.6. The largest absolute Gasteiger partial charge is 0.342 e. The molecule has 0 saturated carbocycles. The molecule has 3 rings (SSSR count). The van der Waals surface area contributed by atoms with E-state index in [-0.39, 0.29) is 29.5 Å². The molecular formula is C23H24N6O2S. The topological polar surface area (TPSA) is 113 Å². The number of aromatic nitrogens is 3. The molecule has 1 heterocycles. The molecule has 164 valence electrons. The van der Waals surface area contributed by atoms with Crippen molar-refractivity contribution in [3.63, 3.8) is 0 Å². The van der Waals surface area contributed by atoms with Gasteiger partial charge in [0.15, 0.2) is 11.0 Å². The number of carbonyl (C=O) groups is 2. The van der Waals surface area contributed by atoms with Gasteiger partial charge in [-0.05, 0) is 42.3 Å². The Morgan fingerprint density at radius 3 is 2.41 bits per heavy atom. The maximum Gasteiger partial charge on any atom is 0.251 e. The molecule has 2 N–H and O–H groups in total. The van der Waals surface area contributed by atoms with Gasteiger partial charge in [-0.3, -0.25) is 9.59 Å². The van der Waals surface area contributed by atoms with Crippen molar-refractivity contribution in [3.05, 3.63) is 71.5 Å². The van der Waals surface area contributed by atoms with E-state index in [2.05, 4.69) is 20.8 Å². The second kappa shape index (κ2) is 10.6. The van der Waals surface area contributed by atoms with Crippen LogP contribution in [0.25, 0.3) is 0 Å². The fourth-order valence-electron chi connectivity index (χ4n) is 3.02. The molecule has 0 spiro atoms. The Kier molecular flexibility index (Phi) is 7.63. The number of carbonyl (C=O) groups excluding carboxylic acids is 2. The van der Waals surface area contributed by atoms with Gasteiger partial charge in [0, 0.05) is 18.3 Å². The second-order valence-corrected chi connectivity index (χ2v) is 8.43. The van der Waals surface area contributed by atoms with E-state index >= 15 is 0 Å². The summed E-state index contributed by atoms with van der Waals surface area (Å²) in [6.07, 6.45) is 0. The molecule has 8 nitrogen and oxygen atoms in total. The van der Waals surface area contributed by atoms with Crippen molar-refractivity contribution < 1.29 is 9.59 Å². The van der Waals surface area contributed by atoms with E-state index in [9.17, 15) is 9.59 Å². The summed E-state index contributed by atoms with van der Waals surface area (Å²) >= 11 is 1.26. The van der Waals surface area contributed by atoms with Crippen LogP contribution in [0.1, 0.15) is 41.6 Å². The third-order valence-electron chi connectivity index (χ3n) is 4.77. The first-order valence-corrected chi connectivity index (χ1v) is 11.1. The smallest absolute Gasteiger partial charge is 0.251 e. The Labute approximate surface area is 191 Å². The number of benzene rings is 2. The standard InChI is InChI=1S/C23H24N6O2S/c1-15(2)20(26-22(31)17-7-5-4-6-8-17)21-27-28-23(29(21)3)32-14-19(30)25-18-11-9-16(13-24)10-12-18/h4-12,15,20H,14H2,1-3H3,(H,25,30)(H,26,31)/t20-/m1/s1. The molecule has 0 aliphatic rings. The third kappa shape index (κ3) is 5.74. The van der Waals surface area contributed by atoms with Crippen LogP contribution in [-0.2, 0) is 11.8 Å². The fourth-order valence-corrected chi connectivity index (χ4v) is 3.74. The average Bonchev–Trinajstić information content (AvgIpc) is 3.16. The van der Waals surface area contributed by atoms with Crippen molar-refractivity contribution in [2.24, 2.45) is 13.0 Å². The van der Waals surface area contributed by atoms with E-state index in [4.69, 9.17) is 5.26 Å². The molecule has 1 atom stereocenters. The van der Waals surface area contributed by atoms with Gasteiger partial charge in [0.25, 0.3) is 5.91 Å². The predicted molar refractivity (Wildman–Crippen MR) is 123 cm³/mol. The molecule has 0 saturated heterocycles. The Morgan fingerprint density at radius 2 is 1.78 bits per heavy atom. The Morgan fingerprint density at radius 1 is 1.09 bits per heavy atom. The number of anilines is 1. The SMILES string of the molecule is CC(C)[C@@H](NC(=O)c1ccccc1)c1nnc(SCC(=O)Nc2ccc(C#N)cc2)n1C. The van der Waals surface area contributed by atoms with E-state index in [0.717, 1.165) is 0 Å². The summed E-state index contributed by atoms with van der Waals surface area (Å²) in [4.78, 5) is 24.9. The number of rotatable bonds is 8. The van der Waals surface area contributed by atoms with Crippen LogP contribution in [0, 0.1) is 17.2 Å². The monoisotopic (exact) mass is 448 g/mol. The highest BCUT2D eigenvalue weighted by molar-refractivity contribution is 7.99. The van der Waals surface area contributed by atoms with Crippen LogP contribution in [0.15, 0.2) is 59.8 Å². The average molecular weight is 449 g/mol. The Balaban J connectivity index is 1.64. The molecule has 32 heavy (non-hydrogen) atoms. The Hall–Kier alpha value is -3.64. The van der Waals surface area contributed by atoms with Crippen LogP contribution in [0.2, 0.25) is 0 Å². The van der Waals surface area contributed by atoms with Gasteiger partial charge < -0.3 is 15.2 Å². The maximum atomic E-state index is 12.6. The van der Waals surface area contributed by atoms with Gasteiger partial charge in [0.1, 0.15) is 0 Å². The first kappa shape index (κ1) is 23.0. The minimum absolute atomic E-state index is 0.0862. The molecule has 2 aromatic carbocycles. The summed E-state index contributed by atoms with van der Waals surface area (Å²) in [6.45, 7) is 4.00. The molecule has 0 radical (unpaired) electrons. The molecule has 0 aliphatic heterocycles. The van der Waals surface area contributed by atoms with E-state index in [1.54, 1.807) is 41.0 Å². The van der Waals surface area contributed by atoms with Crippen molar-refractivity contribution in [1.29, 1.82) is 5.26 Å². The van der Waals surface area contributed by atoms with Crippen molar-refractivity contribution >= 4 is 29.3 Å². The van der Waals surface area contributed by atoms with Crippen molar-refractivity contribution in [2.75, 3.05) is 11.1 Å². The molecule has 0 aliphatic carbocycles. The van der Waals surface area contributed by atoms with Crippen LogP contribution in [0.5, 0.6) is 0 Å². The number of hydrogen-bond donors (Lipinski definition) is 2. The predicted octanol–water partition coefficient (Wildman–Crippen LogP) is 3.54. The van der Waals surface area contributed by atoms with Gasteiger partial charge >= 0.3 is 0 Å². The lowest BCUT2D eigenvalue weighted by Crippen LogP contribution is -2.33. The first-order valence-electron chi connectivity index (χ1n) is 10.1. The van der Waals surface area contributed by atoms with Crippen LogP contribution in [0.3, 0.4) is 0 Å². The summed E-state index contributed by atoms with van der Waals surface area (Å²) < 4.78 is 1.80. The molecule has 9 heteroatoms. The molecule has 0 fully saturated rings. The minimum atomic E-state index is -0.331. The van der Waals surface area contributed by atoms with Gasteiger partial charge in [-0.15, -0.1) is 10.2 Å². The third-order valence-corrected chi connectivity index (χ3v) is 5.79. The van der Waals surface area contributed by atoms with Crippen LogP contribution in [-0.4, -0.2) is 32.3 Å². The second-order valence-electron chi connectivity index (χ2n) is 7.49. The number of nitrogens with zero attached hydrogens (tertiary/aromatic N) is 4. The van der Waals surface area contributed by atoms with E-state index in [1.807, 2.05) is 45.2 Å². The van der Waals surface area contributed by atoms with E-state index < -0.39 is 0 Å². The molecule has 0 bridgehead atoms. The molecular weight excluding hydrogens is 424 g/mol. The van der Waals surface area contributed by atoms with Crippen LogP contribution < -0.4 is 10.6 Å². The molecule has 0 unspecified atom stereocenters. The molecule has 3 aromatic rings. The highest BCUT2D eigenvalue weighted by Gasteiger charge is 2.25. The highest BCUT2D eigenvalue weighted by Crippen LogP contribution is 2.24. The lowest BCUT2D eigenvalue weighted by molar-refractivity contribution is -0.113. The number of hydrogen-bond acceptors (Lipinski definition) is 6. The van der Waals surface area contributed by atoms with Crippen molar-refractivity contribution in [3.8, 4) is 6.07 Å². The van der Waals surface area contributed by atoms with Gasteiger partial charge in [0.05, 0.1) is 23.4 Å². The zero-order valence-corrected chi connectivity index (χ0v) is 18.9. The van der Waals surface area contributed by atoms with Gasteiger partial charge in [-0.1, -0.05) is 43.8 Å². The summed E-state index contributed by atoms with van der Waals surface area (Å²) in [5.74, 6) is 0.488. The maximum absolute atomic E-state index is 12.6. The van der Waals surface area contributed by atoms with Gasteiger partial charge in [-0.2, -0.15) is 5.26 Å².